The zero-order chi connectivity index (χ0) is 11.5. The lowest BCUT2D eigenvalue weighted by Gasteiger charge is -2.18. The van der Waals surface area contributed by atoms with Gasteiger partial charge in [0.2, 0.25) is 0 Å². The highest BCUT2D eigenvalue weighted by atomic mass is 16.1. The summed E-state index contributed by atoms with van der Waals surface area (Å²) < 4.78 is 0. The molecule has 0 aliphatic rings. The number of unbranched alkanes of at least 4 members (excludes halogenated alkanes) is 3. The van der Waals surface area contributed by atoms with Gasteiger partial charge in [0.1, 0.15) is 6.29 Å². The summed E-state index contributed by atoms with van der Waals surface area (Å²) in [7, 11) is 1.99. The first-order chi connectivity index (χ1) is 7.22. The van der Waals surface area contributed by atoms with Gasteiger partial charge in [-0.25, -0.2) is 0 Å². The summed E-state index contributed by atoms with van der Waals surface area (Å²) in [6.07, 6.45) is 10.6. The highest BCUT2D eigenvalue weighted by molar-refractivity contribution is 5.65. The first-order valence-corrected chi connectivity index (χ1v) is 5.35. The normalized spacial score (nSPS) is 10.2. The van der Waals surface area contributed by atoms with Crippen molar-refractivity contribution in [1.29, 1.82) is 0 Å². The third kappa shape index (κ3) is 7.74. The lowest BCUT2D eigenvalue weighted by Crippen LogP contribution is -2.17. The zero-order valence-corrected chi connectivity index (χ0v) is 9.61. The lowest BCUT2D eigenvalue weighted by atomic mass is 10.2. The second-order valence-electron chi connectivity index (χ2n) is 3.55. The molecule has 0 aromatic rings. The smallest absolute Gasteiger partial charge is 0.142 e. The van der Waals surface area contributed by atoms with Crippen LogP contribution in [0.4, 0.5) is 0 Å². The molecule has 0 heterocycles. The fraction of sp³-hybridized carbons (Fsp3) is 0.462. The molecule has 0 aromatic carbocycles. The molecule has 0 aromatic heterocycles. The monoisotopic (exact) mass is 207 g/mol. The molecule has 0 saturated heterocycles. The van der Waals surface area contributed by atoms with Crippen LogP contribution in [-0.2, 0) is 4.79 Å². The summed E-state index contributed by atoms with van der Waals surface area (Å²) in [6.45, 7) is 8.55. The number of nitrogens with zero attached hydrogens (tertiary/aromatic N) is 1. The fourth-order valence-electron chi connectivity index (χ4n) is 1.24. The summed E-state index contributed by atoms with van der Waals surface area (Å²) in [6, 6.07) is 0. The minimum absolute atomic E-state index is 0.767. The number of carbonyl (C=O) groups excluding carboxylic acids is 1. The molecular weight excluding hydrogens is 186 g/mol. The van der Waals surface area contributed by atoms with Crippen molar-refractivity contribution in [2.75, 3.05) is 13.6 Å². The van der Waals surface area contributed by atoms with Gasteiger partial charge in [0.05, 0.1) is 0 Å². The largest absolute Gasteiger partial charge is 0.375 e. The predicted octanol–water partition coefficient (Wildman–Crippen LogP) is 2.93. The van der Waals surface area contributed by atoms with E-state index in [-0.39, 0.29) is 0 Å². The van der Waals surface area contributed by atoms with Crippen molar-refractivity contribution in [2.45, 2.75) is 25.7 Å². The minimum atomic E-state index is 0.767. The van der Waals surface area contributed by atoms with E-state index in [1.165, 1.54) is 18.9 Å². The van der Waals surface area contributed by atoms with E-state index in [0.717, 1.165) is 31.4 Å². The molecule has 15 heavy (non-hydrogen) atoms. The molecule has 0 spiro atoms. The zero-order valence-electron chi connectivity index (χ0n) is 9.61. The Labute approximate surface area is 93.0 Å². The van der Waals surface area contributed by atoms with Crippen molar-refractivity contribution in [3.63, 3.8) is 0 Å². The molecule has 0 N–H and O–H groups in total. The van der Waals surface area contributed by atoms with Gasteiger partial charge in [-0.1, -0.05) is 19.1 Å². The van der Waals surface area contributed by atoms with Crippen LogP contribution in [0.3, 0.4) is 0 Å². The Bertz CT molecular complexity index is 231. The quantitative estimate of drug-likeness (QED) is 0.190. The van der Waals surface area contributed by atoms with Crippen LogP contribution in [0, 0.1) is 0 Å². The van der Waals surface area contributed by atoms with Gasteiger partial charge in [-0.3, -0.25) is 4.79 Å². The summed E-state index contributed by atoms with van der Waals surface area (Å²) in [5, 5.41) is 0. The van der Waals surface area contributed by atoms with Gasteiger partial charge in [-0.15, -0.1) is 6.58 Å². The van der Waals surface area contributed by atoms with Crippen LogP contribution >= 0.6 is 0 Å². The number of aldehydes is 1. The molecular formula is C13H21NO. The molecule has 0 bridgehead atoms. The van der Waals surface area contributed by atoms with E-state index in [1.54, 1.807) is 6.08 Å². The maximum Gasteiger partial charge on any atom is 0.142 e. The molecule has 0 amide bonds. The number of rotatable bonds is 9. The van der Waals surface area contributed by atoms with Gasteiger partial charge >= 0.3 is 0 Å². The average Bonchev–Trinajstić information content (AvgIpc) is 2.25. The Morgan fingerprint density at radius 3 is 2.67 bits per heavy atom. The Morgan fingerprint density at radius 1 is 1.33 bits per heavy atom. The SMILES string of the molecule is C=CCCCCCN(C)C(=C)/C=C\C=O. The Balaban J connectivity index is 3.59. The van der Waals surface area contributed by atoms with Crippen LogP contribution in [-0.4, -0.2) is 24.8 Å². The molecule has 0 saturated carbocycles. The maximum absolute atomic E-state index is 10.1. The van der Waals surface area contributed by atoms with E-state index in [4.69, 9.17) is 0 Å². The fourth-order valence-corrected chi connectivity index (χ4v) is 1.24. The van der Waals surface area contributed by atoms with E-state index in [9.17, 15) is 4.79 Å². The van der Waals surface area contributed by atoms with Gasteiger partial charge in [-0.2, -0.15) is 0 Å². The molecule has 2 heteroatoms. The molecule has 84 valence electrons. The second-order valence-corrected chi connectivity index (χ2v) is 3.55. The van der Waals surface area contributed by atoms with Crippen molar-refractivity contribution >= 4 is 6.29 Å². The molecule has 0 unspecified atom stereocenters. The molecule has 0 aliphatic heterocycles. The van der Waals surface area contributed by atoms with Crippen LogP contribution < -0.4 is 0 Å². The Kier molecular flexibility index (Phi) is 8.44. The van der Waals surface area contributed by atoms with E-state index in [1.807, 2.05) is 13.1 Å². The van der Waals surface area contributed by atoms with Crippen molar-refractivity contribution < 1.29 is 4.79 Å². The standard InChI is InChI=1S/C13H21NO/c1-4-5-6-7-8-11-14(3)13(2)10-9-12-15/h4,9-10,12H,1-2,5-8,11H2,3H3/b10-9-. The maximum atomic E-state index is 10.1. The number of allylic oxidation sites excluding steroid dienone is 3. The van der Waals surface area contributed by atoms with E-state index in [0.29, 0.717) is 0 Å². The molecule has 0 fully saturated rings. The molecule has 0 radical (unpaired) electrons. The highest BCUT2D eigenvalue weighted by Crippen LogP contribution is 2.05. The summed E-state index contributed by atoms with van der Waals surface area (Å²) in [5.41, 5.74) is 0.880. The third-order valence-corrected chi connectivity index (χ3v) is 2.26. The van der Waals surface area contributed by atoms with E-state index >= 15 is 0 Å². The van der Waals surface area contributed by atoms with Crippen LogP contribution in [0.2, 0.25) is 0 Å². The van der Waals surface area contributed by atoms with Crippen molar-refractivity contribution in [2.24, 2.45) is 0 Å². The Morgan fingerprint density at radius 2 is 2.07 bits per heavy atom. The third-order valence-electron chi connectivity index (χ3n) is 2.26. The van der Waals surface area contributed by atoms with Crippen LogP contribution in [0.15, 0.2) is 37.1 Å². The van der Waals surface area contributed by atoms with Crippen LogP contribution in [0.25, 0.3) is 0 Å². The van der Waals surface area contributed by atoms with Gasteiger partial charge < -0.3 is 4.90 Å². The number of hydrogen-bond donors (Lipinski definition) is 0. The van der Waals surface area contributed by atoms with Crippen molar-refractivity contribution in [3.05, 3.63) is 37.1 Å². The summed E-state index contributed by atoms with van der Waals surface area (Å²) >= 11 is 0. The van der Waals surface area contributed by atoms with Gasteiger partial charge in [0.15, 0.2) is 0 Å². The number of likely N-dealkylation sites (N-methyl/N-ethyl adjacent to an activating group) is 1. The predicted molar refractivity (Wildman–Crippen MR) is 65.6 cm³/mol. The summed E-state index contributed by atoms with van der Waals surface area (Å²) in [5.74, 6) is 0. The first kappa shape index (κ1) is 13.7. The van der Waals surface area contributed by atoms with Crippen LogP contribution in [0.1, 0.15) is 25.7 Å². The van der Waals surface area contributed by atoms with E-state index < -0.39 is 0 Å². The molecule has 2 nitrogen and oxygen atoms in total. The van der Waals surface area contributed by atoms with Crippen molar-refractivity contribution in [3.8, 4) is 0 Å². The van der Waals surface area contributed by atoms with E-state index in [2.05, 4.69) is 18.1 Å². The molecule has 0 aliphatic carbocycles. The van der Waals surface area contributed by atoms with Gasteiger partial charge in [0.25, 0.3) is 0 Å². The van der Waals surface area contributed by atoms with Gasteiger partial charge in [-0.05, 0) is 31.4 Å². The highest BCUT2D eigenvalue weighted by Gasteiger charge is 1.97. The number of hydrogen-bond acceptors (Lipinski definition) is 2. The number of carbonyl (C=O) groups is 1. The van der Waals surface area contributed by atoms with Gasteiger partial charge in [0, 0.05) is 19.3 Å². The van der Waals surface area contributed by atoms with Crippen LogP contribution in [0.5, 0.6) is 0 Å². The first-order valence-electron chi connectivity index (χ1n) is 5.35. The minimum Gasteiger partial charge on any atom is -0.375 e. The lowest BCUT2D eigenvalue weighted by molar-refractivity contribution is -0.104. The van der Waals surface area contributed by atoms with Crippen molar-refractivity contribution in [1.82, 2.24) is 4.90 Å². The Hall–Kier alpha value is -1.31. The topological polar surface area (TPSA) is 20.3 Å². The second kappa shape index (κ2) is 9.25. The molecule has 0 atom stereocenters. The summed E-state index contributed by atoms with van der Waals surface area (Å²) in [4.78, 5) is 12.2. The average molecular weight is 207 g/mol. The molecule has 0 rings (SSSR count).